The summed E-state index contributed by atoms with van der Waals surface area (Å²) in [5.41, 5.74) is 1.49. The Bertz CT molecular complexity index is 418. The molecule has 104 valence electrons. The zero-order valence-electron chi connectivity index (χ0n) is 11.7. The summed E-state index contributed by atoms with van der Waals surface area (Å²) in [4.78, 5) is 20.8. The van der Waals surface area contributed by atoms with Gasteiger partial charge in [-0.15, -0.1) is 0 Å². The van der Waals surface area contributed by atoms with Crippen LogP contribution in [0.1, 0.15) is 23.8 Å². The van der Waals surface area contributed by atoms with E-state index in [4.69, 9.17) is 0 Å². The second-order valence-electron chi connectivity index (χ2n) is 4.91. The van der Waals surface area contributed by atoms with Crippen LogP contribution in [-0.4, -0.2) is 60.5 Å². The number of rotatable bonds is 3. The van der Waals surface area contributed by atoms with Crippen LogP contribution in [0.5, 0.6) is 0 Å². The van der Waals surface area contributed by atoms with E-state index in [1.807, 2.05) is 17.9 Å². The van der Waals surface area contributed by atoms with Crippen LogP contribution in [0.3, 0.4) is 0 Å². The minimum atomic E-state index is 0.0401. The number of hydrogen-bond acceptors (Lipinski definition) is 4. The molecule has 0 unspecified atom stereocenters. The average Bonchev–Trinajstić information content (AvgIpc) is 2.64. The third kappa shape index (κ3) is 3.67. The summed E-state index contributed by atoms with van der Waals surface area (Å²) in [5, 5.41) is 3.17. The molecule has 1 aliphatic heterocycles. The Labute approximate surface area is 114 Å². The zero-order valence-corrected chi connectivity index (χ0v) is 11.7. The van der Waals surface area contributed by atoms with Gasteiger partial charge in [0.2, 0.25) is 0 Å². The Morgan fingerprint density at radius 2 is 2.16 bits per heavy atom. The molecular weight excluding hydrogens is 240 g/mol. The van der Waals surface area contributed by atoms with Crippen LogP contribution < -0.4 is 5.32 Å². The van der Waals surface area contributed by atoms with Gasteiger partial charge < -0.3 is 15.1 Å². The number of nitrogens with one attached hydrogen (secondary N) is 1. The largest absolute Gasteiger partial charge is 0.384 e. The molecule has 1 amide bonds. The number of carbonyl (C=O) groups is 1. The van der Waals surface area contributed by atoms with Gasteiger partial charge in [-0.3, -0.25) is 4.79 Å². The molecule has 0 bridgehead atoms. The summed E-state index contributed by atoms with van der Waals surface area (Å²) in [6.07, 6.45) is 2.75. The molecule has 19 heavy (non-hydrogen) atoms. The van der Waals surface area contributed by atoms with Gasteiger partial charge in [-0.05, 0) is 39.1 Å². The van der Waals surface area contributed by atoms with Crippen molar-refractivity contribution in [3.63, 3.8) is 0 Å². The second-order valence-corrected chi connectivity index (χ2v) is 4.91. The highest BCUT2D eigenvalue weighted by atomic mass is 16.2. The summed E-state index contributed by atoms with van der Waals surface area (Å²) in [6, 6.07) is 3.71. The highest BCUT2D eigenvalue weighted by Gasteiger charge is 2.19. The van der Waals surface area contributed by atoms with Crippen molar-refractivity contribution in [2.24, 2.45) is 0 Å². The molecule has 5 heteroatoms. The first-order chi connectivity index (χ1) is 9.20. The van der Waals surface area contributed by atoms with Gasteiger partial charge in [0.15, 0.2) is 0 Å². The average molecular weight is 262 g/mol. The standard InChI is InChI=1S/C14H22N4O/c1-3-15-12-5-6-13(16-11-12)14(19)18-8-4-7-17(2)9-10-18/h5-6,11,15H,3-4,7-10H2,1-2H3. The van der Waals surface area contributed by atoms with E-state index in [1.165, 1.54) is 0 Å². The molecule has 0 spiro atoms. The first-order valence-corrected chi connectivity index (χ1v) is 6.88. The number of anilines is 1. The fourth-order valence-corrected chi connectivity index (χ4v) is 2.24. The number of pyridine rings is 1. The molecule has 1 N–H and O–H groups in total. The highest BCUT2D eigenvalue weighted by Crippen LogP contribution is 2.10. The fourth-order valence-electron chi connectivity index (χ4n) is 2.24. The van der Waals surface area contributed by atoms with Crippen LogP contribution in [0, 0.1) is 0 Å². The quantitative estimate of drug-likeness (QED) is 0.892. The Morgan fingerprint density at radius 1 is 1.32 bits per heavy atom. The lowest BCUT2D eigenvalue weighted by molar-refractivity contribution is 0.0757. The molecule has 0 aliphatic carbocycles. The summed E-state index contributed by atoms with van der Waals surface area (Å²) in [5.74, 6) is 0.0401. The van der Waals surface area contributed by atoms with Gasteiger partial charge in [-0.1, -0.05) is 0 Å². The van der Waals surface area contributed by atoms with E-state index in [1.54, 1.807) is 12.3 Å². The molecule has 5 nitrogen and oxygen atoms in total. The van der Waals surface area contributed by atoms with Crippen molar-refractivity contribution in [2.45, 2.75) is 13.3 Å². The van der Waals surface area contributed by atoms with Gasteiger partial charge >= 0.3 is 0 Å². The van der Waals surface area contributed by atoms with Crippen molar-refractivity contribution in [3.05, 3.63) is 24.0 Å². The van der Waals surface area contributed by atoms with Crippen molar-refractivity contribution < 1.29 is 4.79 Å². The molecule has 0 aromatic carbocycles. The van der Waals surface area contributed by atoms with E-state index in [0.717, 1.165) is 44.8 Å². The van der Waals surface area contributed by atoms with E-state index in [0.29, 0.717) is 5.69 Å². The number of nitrogens with zero attached hydrogens (tertiary/aromatic N) is 3. The van der Waals surface area contributed by atoms with Crippen LogP contribution in [0.4, 0.5) is 5.69 Å². The molecule has 0 radical (unpaired) electrons. The predicted octanol–water partition coefficient (Wildman–Crippen LogP) is 1.29. The molecule has 2 rings (SSSR count). The summed E-state index contributed by atoms with van der Waals surface area (Å²) < 4.78 is 0. The topological polar surface area (TPSA) is 48.5 Å². The molecule has 1 aromatic heterocycles. The van der Waals surface area contributed by atoms with Gasteiger partial charge in [-0.2, -0.15) is 0 Å². The van der Waals surface area contributed by atoms with Crippen molar-refractivity contribution >= 4 is 11.6 Å². The Hall–Kier alpha value is -1.62. The van der Waals surface area contributed by atoms with E-state index in [-0.39, 0.29) is 5.91 Å². The minimum absolute atomic E-state index is 0.0401. The van der Waals surface area contributed by atoms with Crippen LogP contribution in [0.25, 0.3) is 0 Å². The Kier molecular flexibility index (Phi) is 4.74. The summed E-state index contributed by atoms with van der Waals surface area (Å²) >= 11 is 0. The monoisotopic (exact) mass is 262 g/mol. The maximum atomic E-state index is 12.4. The lowest BCUT2D eigenvalue weighted by Crippen LogP contribution is -2.34. The molecule has 1 saturated heterocycles. The number of aromatic nitrogens is 1. The first kappa shape index (κ1) is 13.8. The van der Waals surface area contributed by atoms with E-state index in [2.05, 4.69) is 22.2 Å². The van der Waals surface area contributed by atoms with E-state index < -0.39 is 0 Å². The third-order valence-electron chi connectivity index (χ3n) is 3.37. The number of amides is 1. The van der Waals surface area contributed by atoms with Gasteiger partial charge in [-0.25, -0.2) is 4.98 Å². The van der Waals surface area contributed by atoms with Crippen LogP contribution >= 0.6 is 0 Å². The SMILES string of the molecule is CCNc1ccc(C(=O)N2CCCN(C)CC2)nc1. The molecule has 0 atom stereocenters. The van der Waals surface area contributed by atoms with Gasteiger partial charge in [0.05, 0.1) is 11.9 Å². The van der Waals surface area contributed by atoms with Crippen molar-refractivity contribution in [2.75, 3.05) is 45.1 Å². The molecule has 1 aromatic rings. The van der Waals surface area contributed by atoms with E-state index in [9.17, 15) is 4.79 Å². The van der Waals surface area contributed by atoms with Gasteiger partial charge in [0.1, 0.15) is 5.69 Å². The molecule has 2 heterocycles. The maximum absolute atomic E-state index is 12.4. The number of hydrogen-bond donors (Lipinski definition) is 1. The number of carbonyl (C=O) groups excluding carboxylic acids is 1. The second kappa shape index (κ2) is 6.52. The van der Waals surface area contributed by atoms with Crippen molar-refractivity contribution in [3.8, 4) is 0 Å². The fraction of sp³-hybridized carbons (Fsp3) is 0.571. The minimum Gasteiger partial charge on any atom is -0.384 e. The van der Waals surface area contributed by atoms with Crippen molar-refractivity contribution in [1.82, 2.24) is 14.8 Å². The lowest BCUT2D eigenvalue weighted by Gasteiger charge is -2.20. The Balaban J connectivity index is 2.02. The Morgan fingerprint density at radius 3 is 2.84 bits per heavy atom. The van der Waals surface area contributed by atoms with Gasteiger partial charge in [0.25, 0.3) is 5.91 Å². The number of likely N-dealkylation sites (N-methyl/N-ethyl adjacent to an activating group) is 1. The normalized spacial score (nSPS) is 17.1. The molecule has 1 fully saturated rings. The lowest BCUT2D eigenvalue weighted by atomic mass is 10.3. The smallest absolute Gasteiger partial charge is 0.272 e. The van der Waals surface area contributed by atoms with Gasteiger partial charge in [0, 0.05) is 26.2 Å². The molecule has 1 aliphatic rings. The van der Waals surface area contributed by atoms with Crippen molar-refractivity contribution in [1.29, 1.82) is 0 Å². The zero-order chi connectivity index (χ0) is 13.7. The summed E-state index contributed by atoms with van der Waals surface area (Å²) in [7, 11) is 2.09. The third-order valence-corrected chi connectivity index (χ3v) is 3.37. The van der Waals surface area contributed by atoms with Crippen LogP contribution in [0.2, 0.25) is 0 Å². The molecule has 0 saturated carbocycles. The van der Waals surface area contributed by atoms with E-state index >= 15 is 0 Å². The van der Waals surface area contributed by atoms with Crippen LogP contribution in [-0.2, 0) is 0 Å². The maximum Gasteiger partial charge on any atom is 0.272 e. The highest BCUT2D eigenvalue weighted by molar-refractivity contribution is 5.92. The van der Waals surface area contributed by atoms with Crippen LogP contribution in [0.15, 0.2) is 18.3 Å². The summed E-state index contributed by atoms with van der Waals surface area (Å²) in [6.45, 7) is 6.48. The predicted molar refractivity (Wildman–Crippen MR) is 76.4 cm³/mol. The molecular formula is C14H22N4O. The first-order valence-electron chi connectivity index (χ1n) is 6.88.